The van der Waals surface area contributed by atoms with E-state index in [1.807, 2.05) is 36.4 Å². The molecule has 0 amide bonds. The van der Waals surface area contributed by atoms with E-state index in [2.05, 4.69) is 105 Å². The zero-order chi connectivity index (χ0) is 31.6. The molecule has 7 aromatic rings. The molecule has 1 radical (unpaired) electrons. The normalized spacial score (nSPS) is 11.3. The number of nitrogens with zero attached hydrogens (tertiary/aromatic N) is 2. The number of furan rings is 1. The van der Waals surface area contributed by atoms with Crippen molar-refractivity contribution in [1.29, 1.82) is 0 Å². The Balaban J connectivity index is 0.000000178. The van der Waals surface area contributed by atoms with Crippen molar-refractivity contribution >= 4 is 35.2 Å². The molecule has 0 fully saturated rings. The van der Waals surface area contributed by atoms with Crippen molar-refractivity contribution in [2.24, 2.45) is 0 Å². The van der Waals surface area contributed by atoms with Gasteiger partial charge in [-0.15, -0.1) is 54.1 Å². The molecule has 0 unspecified atom stereocenters. The molecule has 0 saturated carbocycles. The fraction of sp³-hybridized carbons (Fsp3) is 0.150. The van der Waals surface area contributed by atoms with Crippen LogP contribution in [-0.2, 0) is 20.1 Å². The molecule has 46 heavy (non-hydrogen) atoms. The van der Waals surface area contributed by atoms with Crippen molar-refractivity contribution in [3.05, 3.63) is 139 Å². The van der Waals surface area contributed by atoms with Crippen molar-refractivity contribution in [3.63, 3.8) is 0 Å². The molecule has 0 aliphatic heterocycles. The molecule has 6 heteroatoms. The number of benzene rings is 4. The van der Waals surface area contributed by atoms with Crippen LogP contribution >= 0.6 is 0 Å². The molecule has 0 aliphatic rings. The van der Waals surface area contributed by atoms with E-state index in [4.69, 9.17) is 9.40 Å². The Morgan fingerprint density at radius 2 is 1.54 bits per heavy atom. The van der Waals surface area contributed by atoms with E-state index in [1.54, 1.807) is 12.3 Å². The van der Waals surface area contributed by atoms with Gasteiger partial charge in [0.15, 0.2) is 0 Å². The Hall–Kier alpha value is -4.22. The van der Waals surface area contributed by atoms with E-state index in [-0.39, 0.29) is 25.9 Å². The summed E-state index contributed by atoms with van der Waals surface area (Å²) in [7, 11) is -1.46. The zero-order valence-electron chi connectivity index (χ0n) is 26.6. The van der Waals surface area contributed by atoms with Gasteiger partial charge in [0.1, 0.15) is 11.4 Å². The van der Waals surface area contributed by atoms with Gasteiger partial charge < -0.3 is 14.4 Å². The molecule has 4 aromatic carbocycles. The second kappa shape index (κ2) is 14.0. The van der Waals surface area contributed by atoms with Gasteiger partial charge in [0.25, 0.3) is 0 Å². The molecule has 0 aliphatic carbocycles. The average molecular weight is 799 g/mol. The molecule has 3 heterocycles. The van der Waals surface area contributed by atoms with Crippen molar-refractivity contribution in [3.8, 4) is 33.6 Å². The van der Waals surface area contributed by atoms with Crippen LogP contribution in [0.15, 0.2) is 120 Å². The third-order valence-corrected chi connectivity index (χ3v) is 9.90. The van der Waals surface area contributed by atoms with E-state index in [9.17, 15) is 4.39 Å². The second-order valence-corrected chi connectivity index (χ2v) is 17.5. The van der Waals surface area contributed by atoms with Crippen LogP contribution in [0, 0.1) is 17.9 Å². The number of hydrogen-bond donors (Lipinski definition) is 0. The molecule has 0 N–H and O–H groups in total. The van der Waals surface area contributed by atoms with E-state index in [0.29, 0.717) is 17.1 Å². The Kier molecular flexibility index (Phi) is 10.1. The summed E-state index contributed by atoms with van der Waals surface area (Å²) in [5, 5.41) is 3.05. The molecule has 0 spiro atoms. The first-order chi connectivity index (χ1) is 21.7. The standard InChI is InChI=1S/C20H15FNO.C20H20NSi.Ir/c1-12(2)13-8-9-22-18(10-13)16-5-3-4-15-17-11-14(21)6-7-19(17)23-20(15)16;1-22(2,3)20-15-21-19(17-12-8-5-9-13-17)14-18(20)16-10-6-4-7-11-16;/h3-4,6-12H,1-2H3;4-12,14-15H,1-3H3;/q2*-1;. The molecule has 0 saturated heterocycles. The maximum atomic E-state index is 13.5. The van der Waals surface area contributed by atoms with Gasteiger partial charge in [0.05, 0.1) is 13.7 Å². The second-order valence-electron chi connectivity index (χ2n) is 12.5. The van der Waals surface area contributed by atoms with E-state index in [1.165, 1.54) is 34.0 Å². The maximum absolute atomic E-state index is 13.5. The minimum absolute atomic E-state index is 0. The molecule has 233 valence electrons. The van der Waals surface area contributed by atoms with Crippen molar-refractivity contribution in [1.82, 2.24) is 9.97 Å². The third-order valence-electron chi connectivity index (χ3n) is 7.88. The maximum Gasteiger partial charge on any atom is 0.124 e. The van der Waals surface area contributed by atoms with Crippen LogP contribution in [0.2, 0.25) is 19.6 Å². The largest absolute Gasteiger partial charge is 0.501 e. The van der Waals surface area contributed by atoms with Crippen LogP contribution in [0.1, 0.15) is 25.3 Å². The summed E-state index contributed by atoms with van der Waals surface area (Å²) < 4.78 is 19.5. The number of hydrogen-bond acceptors (Lipinski definition) is 3. The Morgan fingerprint density at radius 1 is 0.761 bits per heavy atom. The fourth-order valence-corrected chi connectivity index (χ4v) is 6.93. The summed E-state index contributed by atoms with van der Waals surface area (Å²) in [6, 6.07) is 39.7. The summed E-state index contributed by atoms with van der Waals surface area (Å²) >= 11 is 0. The summed E-state index contributed by atoms with van der Waals surface area (Å²) in [6.45, 7) is 11.4. The quantitative estimate of drug-likeness (QED) is 0.129. The van der Waals surface area contributed by atoms with Gasteiger partial charge in [-0.3, -0.25) is 0 Å². The van der Waals surface area contributed by atoms with E-state index in [0.717, 1.165) is 33.3 Å². The van der Waals surface area contributed by atoms with Crippen LogP contribution < -0.4 is 5.19 Å². The Labute approximate surface area is 284 Å². The van der Waals surface area contributed by atoms with Gasteiger partial charge in [-0.25, -0.2) is 4.39 Å². The summed E-state index contributed by atoms with van der Waals surface area (Å²) in [6.07, 6.45) is 3.88. The van der Waals surface area contributed by atoms with Gasteiger partial charge in [-0.2, -0.15) is 0 Å². The predicted octanol–water partition coefficient (Wildman–Crippen LogP) is 10.5. The van der Waals surface area contributed by atoms with Crippen LogP contribution in [0.4, 0.5) is 4.39 Å². The molecular weight excluding hydrogens is 764 g/mol. The number of rotatable bonds is 5. The molecule has 3 aromatic heterocycles. The van der Waals surface area contributed by atoms with Gasteiger partial charge in [0, 0.05) is 37.9 Å². The number of aromatic nitrogens is 2. The average Bonchev–Trinajstić information content (AvgIpc) is 3.43. The molecule has 0 bridgehead atoms. The Morgan fingerprint density at radius 3 is 2.26 bits per heavy atom. The van der Waals surface area contributed by atoms with Crippen LogP contribution in [0.5, 0.6) is 0 Å². The fourth-order valence-electron chi connectivity index (χ4n) is 5.46. The first-order valence-corrected chi connectivity index (χ1v) is 18.7. The van der Waals surface area contributed by atoms with Crippen LogP contribution in [-0.4, -0.2) is 18.0 Å². The van der Waals surface area contributed by atoms with Crippen molar-refractivity contribution in [2.75, 3.05) is 0 Å². The number of fused-ring (bicyclic) bond motifs is 3. The molecule has 3 nitrogen and oxygen atoms in total. The van der Waals surface area contributed by atoms with Crippen LogP contribution in [0.3, 0.4) is 0 Å². The monoisotopic (exact) mass is 799 g/mol. The van der Waals surface area contributed by atoms with Gasteiger partial charge in [-0.05, 0) is 57.9 Å². The zero-order valence-corrected chi connectivity index (χ0v) is 30.0. The first-order valence-electron chi connectivity index (χ1n) is 15.2. The summed E-state index contributed by atoms with van der Waals surface area (Å²) in [5.41, 5.74) is 8.80. The number of pyridine rings is 2. The Bertz CT molecular complexity index is 2090. The van der Waals surface area contributed by atoms with Gasteiger partial charge in [-0.1, -0.05) is 92.5 Å². The van der Waals surface area contributed by atoms with Crippen LogP contribution in [0.25, 0.3) is 55.6 Å². The predicted molar refractivity (Wildman–Crippen MR) is 187 cm³/mol. The topological polar surface area (TPSA) is 38.9 Å². The van der Waals surface area contributed by atoms with Gasteiger partial charge in [0.2, 0.25) is 0 Å². The van der Waals surface area contributed by atoms with Crippen molar-refractivity contribution < 1.29 is 28.9 Å². The van der Waals surface area contributed by atoms with Crippen molar-refractivity contribution in [2.45, 2.75) is 39.4 Å². The SMILES string of the molecule is CC(C)c1ccnc(-c2[c-]ccc3c2oc2ccc(F)cc23)c1.C[Si](C)(C)c1cnc(-c2[c-]cccc2)cc1-c1ccccc1.[Ir]. The van der Waals surface area contributed by atoms with E-state index < -0.39 is 8.07 Å². The van der Waals surface area contributed by atoms with E-state index >= 15 is 0 Å². The minimum Gasteiger partial charge on any atom is -0.501 e. The minimum atomic E-state index is -1.46. The van der Waals surface area contributed by atoms with Gasteiger partial charge >= 0.3 is 0 Å². The first kappa shape index (κ1) is 33.1. The number of halogens is 1. The summed E-state index contributed by atoms with van der Waals surface area (Å²) in [4.78, 5) is 9.17. The molecular formula is C40H35FIrN2OSi-2. The summed E-state index contributed by atoms with van der Waals surface area (Å²) in [5.74, 6) is 0.148. The molecule has 7 rings (SSSR count). The smallest absolute Gasteiger partial charge is 0.124 e. The molecule has 0 atom stereocenters. The third kappa shape index (κ3) is 7.10.